The van der Waals surface area contributed by atoms with Gasteiger partial charge in [-0.1, -0.05) is 84.9 Å². The minimum absolute atomic E-state index is 0.249. The van der Waals surface area contributed by atoms with Crippen LogP contribution in [0.2, 0.25) is 0 Å². The Morgan fingerprint density at radius 3 is 2.00 bits per heavy atom. The van der Waals surface area contributed by atoms with Gasteiger partial charge < -0.3 is 4.74 Å². The minimum Gasteiger partial charge on any atom is -0.380 e. The molecular formula is C25H20O. The van der Waals surface area contributed by atoms with Crippen LogP contribution in [0.5, 0.6) is 0 Å². The molecule has 0 aliphatic heterocycles. The van der Waals surface area contributed by atoms with Crippen LogP contribution >= 0.6 is 0 Å². The third-order valence-electron chi connectivity index (χ3n) is 5.48. The number of hydrogen-bond donors (Lipinski definition) is 0. The van der Waals surface area contributed by atoms with Crippen LogP contribution in [0.25, 0.3) is 21.9 Å². The van der Waals surface area contributed by atoms with E-state index in [-0.39, 0.29) is 5.92 Å². The first-order valence-corrected chi connectivity index (χ1v) is 9.06. The molecule has 0 atom stereocenters. The van der Waals surface area contributed by atoms with E-state index in [0.717, 1.165) is 0 Å². The van der Waals surface area contributed by atoms with E-state index >= 15 is 0 Å². The number of rotatable bonds is 3. The number of hydrogen-bond acceptors (Lipinski definition) is 1. The van der Waals surface area contributed by atoms with E-state index in [1.807, 2.05) is 0 Å². The molecule has 0 saturated heterocycles. The van der Waals surface area contributed by atoms with Gasteiger partial charge in [0.15, 0.2) is 0 Å². The number of methoxy groups -OCH3 is 1. The van der Waals surface area contributed by atoms with Gasteiger partial charge in [0.25, 0.3) is 0 Å². The molecule has 0 aromatic heterocycles. The highest BCUT2D eigenvalue weighted by molar-refractivity contribution is 5.91. The zero-order chi connectivity index (χ0) is 17.5. The highest BCUT2D eigenvalue weighted by Crippen LogP contribution is 2.50. The Morgan fingerprint density at radius 1 is 0.692 bits per heavy atom. The SMILES string of the molecule is COCc1ccc2ccccc2c1C1c2ccccc2-c2ccccc21. The summed E-state index contributed by atoms with van der Waals surface area (Å²) in [5.41, 5.74) is 8.13. The van der Waals surface area contributed by atoms with E-state index in [1.54, 1.807) is 7.11 Å². The van der Waals surface area contributed by atoms with Gasteiger partial charge in [-0.3, -0.25) is 0 Å². The molecule has 1 nitrogen and oxygen atoms in total. The van der Waals surface area contributed by atoms with Crippen molar-refractivity contribution in [1.29, 1.82) is 0 Å². The molecular weight excluding hydrogens is 316 g/mol. The van der Waals surface area contributed by atoms with Crippen LogP contribution in [-0.2, 0) is 11.3 Å². The first kappa shape index (κ1) is 15.4. The molecule has 0 N–H and O–H groups in total. The fourth-order valence-electron chi connectivity index (χ4n) is 4.43. The normalized spacial score (nSPS) is 13.0. The maximum absolute atomic E-state index is 5.55. The van der Waals surface area contributed by atoms with Gasteiger partial charge in [0.2, 0.25) is 0 Å². The Balaban J connectivity index is 1.87. The Bertz CT molecular complexity index is 1060. The van der Waals surface area contributed by atoms with Crippen LogP contribution in [0.3, 0.4) is 0 Å². The first-order valence-electron chi connectivity index (χ1n) is 9.06. The highest BCUT2D eigenvalue weighted by Gasteiger charge is 2.31. The largest absolute Gasteiger partial charge is 0.380 e. The third-order valence-corrected chi connectivity index (χ3v) is 5.48. The van der Waals surface area contributed by atoms with Crippen molar-refractivity contribution < 1.29 is 4.74 Å². The summed E-state index contributed by atoms with van der Waals surface area (Å²) in [7, 11) is 1.77. The van der Waals surface area contributed by atoms with Crippen molar-refractivity contribution in [3.8, 4) is 11.1 Å². The van der Waals surface area contributed by atoms with E-state index in [0.29, 0.717) is 6.61 Å². The molecule has 1 heteroatoms. The highest BCUT2D eigenvalue weighted by atomic mass is 16.5. The summed E-state index contributed by atoms with van der Waals surface area (Å²) < 4.78 is 5.55. The third kappa shape index (κ3) is 2.21. The van der Waals surface area contributed by atoms with Crippen molar-refractivity contribution in [2.24, 2.45) is 0 Å². The molecule has 0 heterocycles. The van der Waals surface area contributed by atoms with Crippen molar-refractivity contribution in [3.63, 3.8) is 0 Å². The second-order valence-electron chi connectivity index (χ2n) is 6.90. The molecule has 26 heavy (non-hydrogen) atoms. The average molecular weight is 336 g/mol. The standard InChI is InChI=1S/C25H20O/c1-26-16-18-15-14-17-8-2-3-9-19(17)24(18)25-22-12-6-4-10-20(22)21-11-5-7-13-23(21)25/h2-15,25H,16H2,1H3. The van der Waals surface area contributed by atoms with Crippen LogP contribution in [0.15, 0.2) is 84.9 Å². The molecule has 0 fully saturated rings. The quantitative estimate of drug-likeness (QED) is 0.384. The Hall–Kier alpha value is -2.90. The lowest BCUT2D eigenvalue weighted by molar-refractivity contribution is 0.184. The van der Waals surface area contributed by atoms with E-state index in [1.165, 1.54) is 44.2 Å². The molecule has 1 aliphatic carbocycles. The lowest BCUT2D eigenvalue weighted by Crippen LogP contribution is -2.05. The number of benzene rings is 4. The second kappa shape index (κ2) is 6.12. The van der Waals surface area contributed by atoms with Crippen LogP contribution in [0.1, 0.15) is 28.2 Å². The molecule has 0 bridgehead atoms. The van der Waals surface area contributed by atoms with Crippen molar-refractivity contribution in [2.45, 2.75) is 12.5 Å². The summed E-state index contributed by atoms with van der Waals surface area (Å²) in [6, 6.07) is 30.7. The van der Waals surface area contributed by atoms with Crippen LogP contribution in [0.4, 0.5) is 0 Å². The molecule has 0 saturated carbocycles. The van der Waals surface area contributed by atoms with Gasteiger partial charge in [0, 0.05) is 13.0 Å². The molecule has 0 amide bonds. The first-order chi connectivity index (χ1) is 12.9. The summed E-state index contributed by atoms with van der Waals surface area (Å²) in [6.45, 7) is 0.626. The number of ether oxygens (including phenoxy) is 1. The van der Waals surface area contributed by atoms with E-state index < -0.39 is 0 Å². The zero-order valence-electron chi connectivity index (χ0n) is 14.8. The van der Waals surface area contributed by atoms with Gasteiger partial charge in [-0.2, -0.15) is 0 Å². The van der Waals surface area contributed by atoms with E-state index in [2.05, 4.69) is 84.9 Å². The van der Waals surface area contributed by atoms with Gasteiger partial charge in [-0.05, 0) is 44.2 Å². The van der Waals surface area contributed by atoms with Crippen LogP contribution < -0.4 is 0 Å². The lowest BCUT2D eigenvalue weighted by Gasteiger charge is -2.21. The average Bonchev–Trinajstić information content (AvgIpc) is 3.03. The van der Waals surface area contributed by atoms with Gasteiger partial charge >= 0.3 is 0 Å². The summed E-state index contributed by atoms with van der Waals surface area (Å²) in [6.07, 6.45) is 0. The van der Waals surface area contributed by atoms with Gasteiger partial charge in [0.05, 0.1) is 6.61 Å². The second-order valence-corrected chi connectivity index (χ2v) is 6.90. The summed E-state index contributed by atoms with van der Waals surface area (Å²) in [5.74, 6) is 0.249. The monoisotopic (exact) mass is 336 g/mol. The summed E-state index contributed by atoms with van der Waals surface area (Å²) in [4.78, 5) is 0. The lowest BCUT2D eigenvalue weighted by atomic mass is 9.83. The van der Waals surface area contributed by atoms with E-state index in [4.69, 9.17) is 4.74 Å². The molecule has 0 spiro atoms. The molecule has 5 rings (SSSR count). The van der Waals surface area contributed by atoms with Crippen molar-refractivity contribution in [1.82, 2.24) is 0 Å². The van der Waals surface area contributed by atoms with Crippen molar-refractivity contribution in [2.75, 3.05) is 7.11 Å². The molecule has 4 aromatic carbocycles. The Labute approximate surface area is 153 Å². The molecule has 0 unspecified atom stereocenters. The minimum atomic E-state index is 0.249. The predicted molar refractivity (Wildman–Crippen MR) is 107 cm³/mol. The van der Waals surface area contributed by atoms with Crippen molar-refractivity contribution >= 4 is 10.8 Å². The van der Waals surface area contributed by atoms with E-state index in [9.17, 15) is 0 Å². The smallest absolute Gasteiger partial charge is 0.0716 e. The maximum atomic E-state index is 5.55. The topological polar surface area (TPSA) is 9.23 Å². The fraction of sp³-hybridized carbons (Fsp3) is 0.120. The fourth-order valence-corrected chi connectivity index (χ4v) is 4.43. The number of fused-ring (bicyclic) bond motifs is 4. The molecule has 0 radical (unpaired) electrons. The van der Waals surface area contributed by atoms with Gasteiger partial charge in [-0.25, -0.2) is 0 Å². The maximum Gasteiger partial charge on any atom is 0.0716 e. The summed E-state index contributed by atoms with van der Waals surface area (Å²) >= 11 is 0. The predicted octanol–water partition coefficient (Wildman–Crippen LogP) is 6.15. The summed E-state index contributed by atoms with van der Waals surface area (Å²) in [5, 5.41) is 2.60. The Morgan fingerprint density at radius 2 is 1.31 bits per heavy atom. The Kier molecular flexibility index (Phi) is 3.62. The molecule has 126 valence electrons. The van der Waals surface area contributed by atoms with Crippen LogP contribution in [-0.4, -0.2) is 7.11 Å². The van der Waals surface area contributed by atoms with Gasteiger partial charge in [-0.15, -0.1) is 0 Å². The molecule has 1 aliphatic rings. The van der Waals surface area contributed by atoms with Crippen LogP contribution in [0, 0.1) is 0 Å². The van der Waals surface area contributed by atoms with Crippen molar-refractivity contribution in [3.05, 3.63) is 107 Å². The van der Waals surface area contributed by atoms with Gasteiger partial charge in [0.1, 0.15) is 0 Å². The molecule has 4 aromatic rings. The zero-order valence-corrected chi connectivity index (χ0v) is 14.8.